The molecule has 0 bridgehead atoms. The van der Waals surface area contributed by atoms with Crippen LogP contribution in [0.4, 0.5) is 18.9 Å². The highest BCUT2D eigenvalue weighted by Gasteiger charge is 2.40. The molecule has 0 saturated carbocycles. The van der Waals surface area contributed by atoms with Gasteiger partial charge in [0.1, 0.15) is 5.75 Å². The summed E-state index contributed by atoms with van der Waals surface area (Å²) >= 11 is 6.07. The summed E-state index contributed by atoms with van der Waals surface area (Å²) in [7, 11) is 0. The molecule has 1 saturated heterocycles. The lowest BCUT2D eigenvalue weighted by Crippen LogP contribution is -2.36. The smallest absolute Gasteiger partial charge is 0.406 e. The summed E-state index contributed by atoms with van der Waals surface area (Å²) in [5.41, 5.74) is 2.04. The molecule has 0 aliphatic carbocycles. The Bertz CT molecular complexity index is 1170. The largest absolute Gasteiger partial charge is 0.573 e. The molecule has 1 aliphatic heterocycles. The van der Waals surface area contributed by atoms with Crippen molar-refractivity contribution in [2.75, 3.05) is 5.32 Å². The minimum atomic E-state index is -4.77. The van der Waals surface area contributed by atoms with Crippen LogP contribution in [0, 0.1) is 0 Å². The number of halogens is 4. The number of anilines is 1. The Balaban J connectivity index is 1.53. The molecule has 186 valence electrons. The first-order valence-corrected chi connectivity index (χ1v) is 11.5. The second kappa shape index (κ2) is 9.54. The van der Waals surface area contributed by atoms with Crippen LogP contribution in [0.3, 0.4) is 0 Å². The molecule has 0 radical (unpaired) electrons. The van der Waals surface area contributed by atoms with Crippen LogP contribution in [0.5, 0.6) is 5.75 Å². The third-order valence-electron chi connectivity index (χ3n) is 5.85. The van der Waals surface area contributed by atoms with Gasteiger partial charge in [0.05, 0.1) is 17.3 Å². The van der Waals surface area contributed by atoms with E-state index in [4.69, 9.17) is 16.7 Å². The van der Waals surface area contributed by atoms with Gasteiger partial charge in [0, 0.05) is 28.9 Å². The average molecular weight is 507 g/mol. The van der Waals surface area contributed by atoms with E-state index < -0.39 is 12.4 Å². The number of carbonyl (C=O) groups excluding carboxylic acids is 1. The van der Waals surface area contributed by atoms with Crippen LogP contribution >= 0.6 is 11.6 Å². The van der Waals surface area contributed by atoms with Crippen LogP contribution in [-0.4, -0.2) is 28.1 Å². The SMILES string of the molecule is CC(C)(C)n1ccc(C2C[C@@H](C(=O)Nc3ccc(OC(F)(F)F)cc3)N[C@H]2c2ccc(Cl)cc2)n1. The Morgan fingerprint density at radius 2 is 1.74 bits per heavy atom. The van der Waals surface area contributed by atoms with Gasteiger partial charge in [0.15, 0.2) is 0 Å². The number of amides is 1. The maximum absolute atomic E-state index is 13.1. The van der Waals surface area contributed by atoms with Crippen molar-refractivity contribution in [3.63, 3.8) is 0 Å². The number of alkyl halides is 3. The Morgan fingerprint density at radius 1 is 1.09 bits per heavy atom. The van der Waals surface area contributed by atoms with Crippen molar-refractivity contribution in [1.29, 1.82) is 0 Å². The molecule has 2 N–H and O–H groups in total. The van der Waals surface area contributed by atoms with Gasteiger partial charge in [-0.05, 0) is 75.2 Å². The maximum atomic E-state index is 13.1. The van der Waals surface area contributed by atoms with E-state index in [1.54, 1.807) is 12.1 Å². The lowest BCUT2D eigenvalue weighted by atomic mass is 9.90. The van der Waals surface area contributed by atoms with Gasteiger partial charge in [-0.15, -0.1) is 13.2 Å². The van der Waals surface area contributed by atoms with Crippen molar-refractivity contribution in [3.8, 4) is 5.75 Å². The summed E-state index contributed by atoms with van der Waals surface area (Å²) in [6.45, 7) is 6.19. The number of carbonyl (C=O) groups is 1. The van der Waals surface area contributed by atoms with Crippen LogP contribution in [0.15, 0.2) is 60.8 Å². The quantitative estimate of drug-likeness (QED) is 0.444. The zero-order valence-electron chi connectivity index (χ0n) is 19.4. The third kappa shape index (κ3) is 6.15. The first-order chi connectivity index (χ1) is 16.4. The first kappa shape index (κ1) is 25.1. The highest BCUT2D eigenvalue weighted by atomic mass is 35.5. The number of aromatic nitrogens is 2. The fourth-order valence-corrected chi connectivity index (χ4v) is 4.27. The molecule has 1 unspecified atom stereocenters. The molecule has 6 nitrogen and oxygen atoms in total. The van der Waals surface area contributed by atoms with Crippen LogP contribution in [0.25, 0.3) is 0 Å². The Morgan fingerprint density at radius 3 is 2.31 bits per heavy atom. The van der Waals surface area contributed by atoms with Crippen LogP contribution in [0.2, 0.25) is 5.02 Å². The minimum Gasteiger partial charge on any atom is -0.406 e. The van der Waals surface area contributed by atoms with Gasteiger partial charge in [-0.2, -0.15) is 5.10 Å². The number of ether oxygens (including phenoxy) is 1. The van der Waals surface area contributed by atoms with Gasteiger partial charge in [-0.3, -0.25) is 14.8 Å². The van der Waals surface area contributed by atoms with Gasteiger partial charge >= 0.3 is 6.36 Å². The van der Waals surface area contributed by atoms with E-state index >= 15 is 0 Å². The third-order valence-corrected chi connectivity index (χ3v) is 6.10. The lowest BCUT2D eigenvalue weighted by Gasteiger charge is -2.21. The molecule has 1 aliphatic rings. The van der Waals surface area contributed by atoms with Gasteiger partial charge in [0.25, 0.3) is 0 Å². The number of hydrogen-bond donors (Lipinski definition) is 2. The molecule has 0 spiro atoms. The number of rotatable bonds is 5. The summed E-state index contributed by atoms with van der Waals surface area (Å²) < 4.78 is 42.9. The van der Waals surface area contributed by atoms with Crippen LogP contribution < -0.4 is 15.4 Å². The Hall–Kier alpha value is -3.04. The van der Waals surface area contributed by atoms with Crippen molar-refractivity contribution in [1.82, 2.24) is 15.1 Å². The summed E-state index contributed by atoms with van der Waals surface area (Å²) in [4.78, 5) is 13.1. The van der Waals surface area contributed by atoms with Gasteiger partial charge < -0.3 is 10.1 Å². The molecule has 1 aromatic heterocycles. The van der Waals surface area contributed by atoms with Gasteiger partial charge in [0.2, 0.25) is 5.91 Å². The van der Waals surface area contributed by atoms with Crippen molar-refractivity contribution in [2.24, 2.45) is 0 Å². The summed E-state index contributed by atoms with van der Waals surface area (Å²) in [5, 5.41) is 11.6. The van der Waals surface area contributed by atoms with E-state index in [-0.39, 0.29) is 29.2 Å². The zero-order chi connectivity index (χ0) is 25.4. The average Bonchev–Trinajstić information content (AvgIpc) is 3.42. The van der Waals surface area contributed by atoms with E-state index in [9.17, 15) is 18.0 Å². The lowest BCUT2D eigenvalue weighted by molar-refractivity contribution is -0.274. The molecule has 1 fully saturated rings. The molecule has 35 heavy (non-hydrogen) atoms. The van der Waals surface area contributed by atoms with E-state index in [0.29, 0.717) is 17.1 Å². The van der Waals surface area contributed by atoms with E-state index in [1.165, 1.54) is 12.1 Å². The normalized spacial score (nSPS) is 20.6. The molecule has 3 aromatic rings. The summed E-state index contributed by atoms with van der Waals surface area (Å²) in [6.07, 6.45) is -2.34. The maximum Gasteiger partial charge on any atom is 0.573 e. The fraction of sp³-hybridized carbons (Fsp3) is 0.360. The standard InChI is InChI=1S/C25H26ClF3N4O2/c1-24(2,3)33-13-12-20(32-33)19-14-21(31-22(19)15-4-6-16(26)7-5-15)23(34)30-17-8-10-18(11-9-17)35-25(27,28)29/h4-13,19,21-22,31H,14H2,1-3H3,(H,30,34)/t19?,21-,22-/m0/s1. The van der Waals surface area contributed by atoms with E-state index in [1.807, 2.05) is 29.1 Å². The van der Waals surface area contributed by atoms with Crippen molar-refractivity contribution < 1.29 is 22.7 Å². The highest BCUT2D eigenvalue weighted by Crippen LogP contribution is 2.40. The summed E-state index contributed by atoms with van der Waals surface area (Å²) in [5.74, 6) is -0.712. The molecule has 10 heteroatoms. The Labute approximate surface area is 206 Å². The predicted octanol–water partition coefficient (Wildman–Crippen LogP) is 6.02. The number of hydrogen-bond acceptors (Lipinski definition) is 4. The molecular formula is C25H26ClF3N4O2. The summed E-state index contributed by atoms with van der Waals surface area (Å²) in [6, 6.07) is 13.8. The van der Waals surface area contributed by atoms with Crippen molar-refractivity contribution in [3.05, 3.63) is 77.1 Å². The van der Waals surface area contributed by atoms with Crippen molar-refractivity contribution >= 4 is 23.2 Å². The van der Waals surface area contributed by atoms with Gasteiger partial charge in [-0.25, -0.2) is 0 Å². The first-order valence-electron chi connectivity index (χ1n) is 11.1. The Kier molecular flexibility index (Phi) is 6.83. The molecule has 3 atom stereocenters. The zero-order valence-corrected chi connectivity index (χ0v) is 20.2. The number of benzene rings is 2. The fourth-order valence-electron chi connectivity index (χ4n) is 4.14. The molecule has 4 rings (SSSR count). The number of nitrogens with zero attached hydrogens (tertiary/aromatic N) is 2. The molecule has 1 amide bonds. The van der Waals surface area contributed by atoms with Crippen LogP contribution in [0.1, 0.15) is 50.4 Å². The second-order valence-corrected chi connectivity index (χ2v) is 9.94. The highest BCUT2D eigenvalue weighted by molar-refractivity contribution is 6.30. The van der Waals surface area contributed by atoms with Crippen LogP contribution in [-0.2, 0) is 10.3 Å². The molecular weight excluding hydrogens is 481 g/mol. The van der Waals surface area contributed by atoms with Gasteiger partial charge in [-0.1, -0.05) is 23.7 Å². The minimum absolute atomic E-state index is 0.0712. The monoisotopic (exact) mass is 506 g/mol. The predicted molar refractivity (Wildman–Crippen MR) is 127 cm³/mol. The van der Waals surface area contributed by atoms with Crippen molar-refractivity contribution in [2.45, 2.75) is 57.1 Å². The number of nitrogens with one attached hydrogen (secondary N) is 2. The second-order valence-electron chi connectivity index (χ2n) is 9.51. The van der Waals surface area contributed by atoms with E-state index in [2.05, 4.69) is 36.1 Å². The van der Waals surface area contributed by atoms with E-state index in [0.717, 1.165) is 23.4 Å². The molecule has 2 heterocycles. The topological polar surface area (TPSA) is 68.2 Å². The molecule has 2 aromatic carbocycles.